The first kappa shape index (κ1) is 15.0. The molecule has 118 valence electrons. The molecule has 1 aromatic carbocycles. The Hall–Kier alpha value is -2.88. The second kappa shape index (κ2) is 5.72. The van der Waals surface area contributed by atoms with Gasteiger partial charge in [-0.15, -0.1) is 0 Å². The summed E-state index contributed by atoms with van der Waals surface area (Å²) in [6, 6.07) is 5.59. The lowest BCUT2D eigenvalue weighted by atomic mass is 10.2. The summed E-state index contributed by atoms with van der Waals surface area (Å²) in [4.78, 5) is 25.5. The van der Waals surface area contributed by atoms with Crippen LogP contribution >= 0.6 is 11.8 Å². The van der Waals surface area contributed by atoms with Gasteiger partial charge in [0.15, 0.2) is 0 Å². The minimum Gasteiger partial charge on any atom is -0.478 e. The fourth-order valence-electron chi connectivity index (χ4n) is 2.11. The second-order valence-electron chi connectivity index (χ2n) is 4.51. The molecule has 10 heteroatoms. The molecule has 0 amide bonds. The number of non-ortho nitro benzene ring substituents is 1. The summed E-state index contributed by atoms with van der Waals surface area (Å²) in [7, 11) is 0. The van der Waals surface area contributed by atoms with Crippen molar-refractivity contribution in [3.8, 4) is 5.88 Å². The molecule has 0 saturated carbocycles. The maximum atomic E-state index is 11.2. The van der Waals surface area contributed by atoms with Crippen molar-refractivity contribution in [1.29, 1.82) is 0 Å². The highest BCUT2D eigenvalue weighted by atomic mass is 32.2. The molecule has 1 aliphatic heterocycles. The third-order valence-electron chi connectivity index (χ3n) is 3.07. The van der Waals surface area contributed by atoms with Crippen LogP contribution in [-0.2, 0) is 0 Å². The highest BCUT2D eigenvalue weighted by Crippen LogP contribution is 2.49. The Bertz CT molecular complexity index is 826. The Morgan fingerprint density at radius 3 is 2.70 bits per heavy atom. The third-order valence-corrected chi connectivity index (χ3v) is 4.11. The number of rotatable bonds is 4. The van der Waals surface area contributed by atoms with Gasteiger partial charge in [-0.25, -0.2) is 4.98 Å². The van der Waals surface area contributed by atoms with Gasteiger partial charge in [-0.2, -0.15) is 0 Å². The summed E-state index contributed by atoms with van der Waals surface area (Å²) in [5, 5.41) is 25.6. The van der Waals surface area contributed by atoms with Gasteiger partial charge in [0.25, 0.3) is 5.69 Å². The van der Waals surface area contributed by atoms with Gasteiger partial charge in [0.05, 0.1) is 33.1 Å². The van der Waals surface area contributed by atoms with E-state index in [1.165, 1.54) is 6.07 Å². The lowest BCUT2D eigenvalue weighted by Crippen LogP contribution is -2.06. The van der Waals surface area contributed by atoms with Crippen molar-refractivity contribution >= 4 is 34.5 Å². The van der Waals surface area contributed by atoms with Gasteiger partial charge in [0.1, 0.15) is 10.7 Å². The number of nitrogens with zero attached hydrogens (tertiary/aromatic N) is 3. The van der Waals surface area contributed by atoms with Crippen LogP contribution in [0.15, 0.2) is 34.2 Å². The SMILES string of the molecule is CCOc1ccc2c(n1)Sc1cc([N+](=O)[O-])cc([N+](=O)[O-])c1N2. The van der Waals surface area contributed by atoms with Crippen molar-refractivity contribution in [1.82, 2.24) is 4.98 Å². The van der Waals surface area contributed by atoms with Crippen LogP contribution < -0.4 is 10.1 Å². The molecular weight excluding hydrogens is 324 g/mol. The second-order valence-corrected chi connectivity index (χ2v) is 5.55. The van der Waals surface area contributed by atoms with Crippen LogP contribution in [0.25, 0.3) is 0 Å². The Kier molecular flexibility index (Phi) is 3.74. The van der Waals surface area contributed by atoms with Crippen LogP contribution in [0.4, 0.5) is 22.7 Å². The highest BCUT2D eigenvalue weighted by molar-refractivity contribution is 7.99. The predicted octanol–water partition coefficient (Wildman–Crippen LogP) is 3.50. The van der Waals surface area contributed by atoms with Crippen LogP contribution in [0.3, 0.4) is 0 Å². The quantitative estimate of drug-likeness (QED) is 0.568. The highest BCUT2D eigenvalue weighted by Gasteiger charge is 2.29. The first-order valence-electron chi connectivity index (χ1n) is 6.55. The summed E-state index contributed by atoms with van der Waals surface area (Å²) in [5.41, 5.74) is 0.127. The van der Waals surface area contributed by atoms with Crippen LogP contribution in [0.1, 0.15) is 6.92 Å². The fraction of sp³-hybridized carbons (Fsp3) is 0.154. The molecule has 0 saturated heterocycles. The van der Waals surface area contributed by atoms with E-state index in [0.29, 0.717) is 28.1 Å². The normalized spacial score (nSPS) is 11.9. The third kappa shape index (κ3) is 2.75. The zero-order chi connectivity index (χ0) is 16.6. The van der Waals surface area contributed by atoms with E-state index in [1.54, 1.807) is 12.1 Å². The van der Waals surface area contributed by atoms with E-state index in [1.807, 2.05) is 6.92 Å². The largest absolute Gasteiger partial charge is 0.478 e. The molecule has 1 aromatic heterocycles. The molecule has 0 fully saturated rings. The summed E-state index contributed by atoms with van der Waals surface area (Å²) >= 11 is 1.12. The lowest BCUT2D eigenvalue weighted by molar-refractivity contribution is -0.393. The standard InChI is InChI=1S/C13H10N4O5S/c1-2-22-11-4-3-8-13(15-11)23-10-6-7(16(18)19)5-9(17(20)21)12(10)14-8/h3-6,14H,2H2,1H3. The number of hydrogen-bond acceptors (Lipinski definition) is 8. The van der Waals surface area contributed by atoms with E-state index in [-0.39, 0.29) is 17.1 Å². The molecular formula is C13H10N4O5S. The topological polar surface area (TPSA) is 120 Å². The van der Waals surface area contributed by atoms with E-state index in [0.717, 1.165) is 17.8 Å². The maximum absolute atomic E-state index is 11.2. The van der Waals surface area contributed by atoms with Gasteiger partial charge in [0.2, 0.25) is 5.88 Å². The van der Waals surface area contributed by atoms with Crippen molar-refractivity contribution in [2.75, 3.05) is 11.9 Å². The van der Waals surface area contributed by atoms with E-state index in [2.05, 4.69) is 10.3 Å². The summed E-state index contributed by atoms with van der Waals surface area (Å²) in [6.07, 6.45) is 0. The molecule has 1 aliphatic rings. The molecule has 0 unspecified atom stereocenters. The minimum absolute atomic E-state index is 0.226. The Labute approximate surface area is 134 Å². The molecule has 3 rings (SSSR count). The number of ether oxygens (including phenoxy) is 1. The number of nitrogens with one attached hydrogen (secondary N) is 1. The fourth-order valence-corrected chi connectivity index (χ4v) is 3.12. The molecule has 0 aliphatic carbocycles. The number of nitro groups is 2. The van der Waals surface area contributed by atoms with Crippen molar-refractivity contribution in [2.45, 2.75) is 16.8 Å². The van der Waals surface area contributed by atoms with Gasteiger partial charge >= 0.3 is 5.69 Å². The van der Waals surface area contributed by atoms with Crippen molar-refractivity contribution < 1.29 is 14.6 Å². The molecule has 0 spiro atoms. The van der Waals surface area contributed by atoms with E-state index < -0.39 is 9.85 Å². The van der Waals surface area contributed by atoms with Crippen LogP contribution in [0.5, 0.6) is 5.88 Å². The molecule has 2 heterocycles. The van der Waals surface area contributed by atoms with Crippen LogP contribution in [0.2, 0.25) is 0 Å². The molecule has 0 radical (unpaired) electrons. The Morgan fingerprint density at radius 2 is 2.04 bits per heavy atom. The number of anilines is 2. The molecule has 1 N–H and O–H groups in total. The number of aromatic nitrogens is 1. The van der Waals surface area contributed by atoms with Gasteiger partial charge in [-0.1, -0.05) is 11.8 Å². The summed E-state index contributed by atoms with van der Waals surface area (Å²) in [5.74, 6) is 0.420. The molecule has 0 atom stereocenters. The molecule has 9 nitrogen and oxygen atoms in total. The molecule has 0 bridgehead atoms. The first-order valence-corrected chi connectivity index (χ1v) is 7.36. The van der Waals surface area contributed by atoms with Gasteiger partial charge in [-0.3, -0.25) is 20.2 Å². The number of benzene rings is 1. The van der Waals surface area contributed by atoms with Crippen molar-refractivity contribution in [3.05, 3.63) is 44.5 Å². The van der Waals surface area contributed by atoms with E-state index in [9.17, 15) is 20.2 Å². The molecule has 23 heavy (non-hydrogen) atoms. The van der Waals surface area contributed by atoms with Gasteiger partial charge < -0.3 is 10.1 Å². The number of pyridine rings is 1. The van der Waals surface area contributed by atoms with E-state index >= 15 is 0 Å². The monoisotopic (exact) mass is 334 g/mol. The predicted molar refractivity (Wildman–Crippen MR) is 82.6 cm³/mol. The Balaban J connectivity index is 2.09. The number of fused-ring (bicyclic) bond motifs is 2. The average Bonchev–Trinajstić information content (AvgIpc) is 2.51. The number of nitro benzene ring substituents is 2. The Morgan fingerprint density at radius 1 is 1.26 bits per heavy atom. The minimum atomic E-state index is -0.659. The zero-order valence-corrected chi connectivity index (χ0v) is 12.6. The van der Waals surface area contributed by atoms with Crippen molar-refractivity contribution in [3.63, 3.8) is 0 Å². The summed E-state index contributed by atoms with van der Waals surface area (Å²) in [6.45, 7) is 2.28. The average molecular weight is 334 g/mol. The first-order chi connectivity index (χ1) is 11.0. The van der Waals surface area contributed by atoms with E-state index in [4.69, 9.17) is 4.74 Å². The number of hydrogen-bond donors (Lipinski definition) is 1. The molecule has 2 aromatic rings. The maximum Gasteiger partial charge on any atom is 0.300 e. The lowest BCUT2D eigenvalue weighted by Gasteiger charge is -2.20. The van der Waals surface area contributed by atoms with Crippen molar-refractivity contribution in [2.24, 2.45) is 0 Å². The zero-order valence-electron chi connectivity index (χ0n) is 11.8. The van der Waals surface area contributed by atoms with Crippen LogP contribution in [0, 0.1) is 20.2 Å². The van der Waals surface area contributed by atoms with Gasteiger partial charge in [0, 0.05) is 12.1 Å². The van der Waals surface area contributed by atoms with Gasteiger partial charge in [-0.05, 0) is 13.0 Å². The van der Waals surface area contributed by atoms with Crippen LogP contribution in [-0.4, -0.2) is 21.4 Å². The summed E-state index contributed by atoms with van der Waals surface area (Å²) < 4.78 is 5.32. The smallest absolute Gasteiger partial charge is 0.300 e.